The summed E-state index contributed by atoms with van der Waals surface area (Å²) in [6.07, 6.45) is 1.32. The van der Waals surface area contributed by atoms with Crippen molar-refractivity contribution in [1.82, 2.24) is 9.55 Å². The molecular weight excluding hydrogens is 245 g/mol. The Morgan fingerprint density at radius 1 is 1.37 bits per heavy atom. The molecule has 2 N–H and O–H groups in total. The quantitative estimate of drug-likeness (QED) is 0.885. The minimum absolute atomic E-state index is 0.00221. The van der Waals surface area contributed by atoms with Gasteiger partial charge in [-0.15, -0.1) is 0 Å². The van der Waals surface area contributed by atoms with Crippen LogP contribution >= 0.6 is 0 Å². The van der Waals surface area contributed by atoms with E-state index < -0.39 is 11.9 Å². The summed E-state index contributed by atoms with van der Waals surface area (Å²) in [5.74, 6) is -0.455. The van der Waals surface area contributed by atoms with Gasteiger partial charge in [-0.2, -0.15) is 10.5 Å². The standard InChI is InChI=1S/C13H10FN5/c1-8(17)13-9(14)3-2-4-11(13)19-7-18-10(5-15)12(19)6-16/h2-4,7-8H,17H2,1H3/t8-/m1/s1. The molecular formula is C13H10FN5. The highest BCUT2D eigenvalue weighted by Gasteiger charge is 2.18. The van der Waals surface area contributed by atoms with E-state index in [0.29, 0.717) is 5.69 Å². The van der Waals surface area contributed by atoms with Crippen LogP contribution in [-0.4, -0.2) is 9.55 Å². The molecule has 2 aromatic rings. The Balaban J connectivity index is 2.74. The van der Waals surface area contributed by atoms with Gasteiger partial charge in [-0.1, -0.05) is 6.07 Å². The van der Waals surface area contributed by atoms with Gasteiger partial charge in [0, 0.05) is 11.6 Å². The summed E-state index contributed by atoms with van der Waals surface area (Å²) in [6.45, 7) is 1.65. The summed E-state index contributed by atoms with van der Waals surface area (Å²) in [7, 11) is 0. The number of rotatable bonds is 2. The number of hydrogen-bond donors (Lipinski definition) is 1. The number of aromatic nitrogens is 2. The first kappa shape index (κ1) is 12.7. The SMILES string of the molecule is C[C@@H](N)c1c(F)cccc1-n1cnc(C#N)c1C#N. The van der Waals surface area contributed by atoms with Crippen LogP contribution in [0.2, 0.25) is 0 Å². The van der Waals surface area contributed by atoms with Crippen LogP contribution in [0, 0.1) is 28.5 Å². The lowest BCUT2D eigenvalue weighted by Gasteiger charge is -2.14. The van der Waals surface area contributed by atoms with Crippen molar-refractivity contribution in [2.24, 2.45) is 5.73 Å². The van der Waals surface area contributed by atoms with Gasteiger partial charge in [0.25, 0.3) is 0 Å². The minimum atomic E-state index is -0.546. The highest BCUT2D eigenvalue weighted by molar-refractivity contribution is 5.49. The number of halogens is 1. The van der Waals surface area contributed by atoms with Gasteiger partial charge in [0.1, 0.15) is 24.3 Å². The molecule has 0 aliphatic carbocycles. The van der Waals surface area contributed by atoms with E-state index in [1.165, 1.54) is 23.0 Å². The molecule has 6 heteroatoms. The molecule has 0 saturated carbocycles. The van der Waals surface area contributed by atoms with Gasteiger partial charge in [-0.05, 0) is 19.1 Å². The maximum Gasteiger partial charge on any atom is 0.177 e. The molecule has 0 saturated heterocycles. The van der Waals surface area contributed by atoms with Crippen LogP contribution in [0.25, 0.3) is 5.69 Å². The summed E-state index contributed by atoms with van der Waals surface area (Å²) >= 11 is 0. The Hall–Kier alpha value is -2.70. The molecule has 94 valence electrons. The first-order valence-electron chi connectivity index (χ1n) is 5.52. The first-order valence-corrected chi connectivity index (χ1v) is 5.52. The first-order chi connectivity index (χ1) is 9.10. The maximum absolute atomic E-state index is 13.8. The molecule has 19 heavy (non-hydrogen) atoms. The molecule has 0 fully saturated rings. The average molecular weight is 255 g/mol. The van der Waals surface area contributed by atoms with E-state index in [0.717, 1.165) is 0 Å². The zero-order valence-corrected chi connectivity index (χ0v) is 10.1. The number of nitrogens with two attached hydrogens (primary N) is 1. The molecule has 0 spiro atoms. The summed E-state index contributed by atoms with van der Waals surface area (Å²) in [5.41, 5.74) is 6.52. The van der Waals surface area contributed by atoms with Crippen LogP contribution in [0.1, 0.15) is 29.9 Å². The van der Waals surface area contributed by atoms with Gasteiger partial charge in [-0.3, -0.25) is 4.57 Å². The highest BCUT2D eigenvalue weighted by atomic mass is 19.1. The molecule has 0 aliphatic heterocycles. The molecule has 0 radical (unpaired) electrons. The van der Waals surface area contributed by atoms with Crippen LogP contribution in [0.5, 0.6) is 0 Å². The second kappa shape index (κ2) is 4.89. The number of imidazole rings is 1. The fraction of sp³-hybridized carbons (Fsp3) is 0.154. The Morgan fingerprint density at radius 2 is 2.11 bits per heavy atom. The van der Waals surface area contributed by atoms with Crippen LogP contribution in [-0.2, 0) is 0 Å². The molecule has 0 unspecified atom stereocenters. The van der Waals surface area contributed by atoms with Crippen LogP contribution in [0.4, 0.5) is 4.39 Å². The Morgan fingerprint density at radius 3 is 2.68 bits per heavy atom. The second-order valence-electron chi connectivity index (χ2n) is 4.00. The van der Waals surface area contributed by atoms with E-state index in [2.05, 4.69) is 4.98 Å². The van der Waals surface area contributed by atoms with Crippen molar-refractivity contribution < 1.29 is 4.39 Å². The van der Waals surface area contributed by atoms with E-state index in [1.54, 1.807) is 13.0 Å². The number of nitriles is 2. The van der Waals surface area contributed by atoms with Crippen molar-refractivity contribution in [3.8, 4) is 17.8 Å². The molecule has 5 nitrogen and oxygen atoms in total. The molecule has 2 rings (SSSR count). The van der Waals surface area contributed by atoms with E-state index >= 15 is 0 Å². The Labute approximate surface area is 109 Å². The third-order valence-corrected chi connectivity index (χ3v) is 2.72. The smallest absolute Gasteiger partial charge is 0.177 e. The largest absolute Gasteiger partial charge is 0.324 e. The predicted molar refractivity (Wildman–Crippen MR) is 65.6 cm³/mol. The van der Waals surface area contributed by atoms with Gasteiger partial charge < -0.3 is 5.73 Å². The molecule has 1 aromatic carbocycles. The molecule has 0 bridgehead atoms. The summed E-state index contributed by atoms with van der Waals surface area (Å²) in [6, 6.07) is 7.62. The zero-order valence-electron chi connectivity index (χ0n) is 10.1. The fourth-order valence-electron chi connectivity index (χ4n) is 1.91. The van der Waals surface area contributed by atoms with Crippen molar-refractivity contribution >= 4 is 0 Å². The third kappa shape index (κ3) is 2.05. The van der Waals surface area contributed by atoms with Crippen molar-refractivity contribution in [2.45, 2.75) is 13.0 Å². The third-order valence-electron chi connectivity index (χ3n) is 2.72. The summed E-state index contributed by atoms with van der Waals surface area (Å²) < 4.78 is 15.2. The van der Waals surface area contributed by atoms with Gasteiger partial charge in [0.15, 0.2) is 11.4 Å². The van der Waals surface area contributed by atoms with Gasteiger partial charge >= 0.3 is 0 Å². The van der Waals surface area contributed by atoms with Crippen LogP contribution in [0.15, 0.2) is 24.5 Å². The summed E-state index contributed by atoms with van der Waals surface area (Å²) in [5, 5.41) is 18.0. The van der Waals surface area contributed by atoms with Crippen molar-refractivity contribution in [3.63, 3.8) is 0 Å². The molecule has 0 amide bonds. The molecule has 0 aliphatic rings. The predicted octanol–water partition coefficient (Wildman–Crippen LogP) is 1.77. The number of hydrogen-bond acceptors (Lipinski definition) is 4. The van der Waals surface area contributed by atoms with Gasteiger partial charge in [0.2, 0.25) is 0 Å². The molecule has 1 heterocycles. The lowest BCUT2D eigenvalue weighted by molar-refractivity contribution is 0.591. The second-order valence-corrected chi connectivity index (χ2v) is 4.00. The van der Waals surface area contributed by atoms with Gasteiger partial charge in [0.05, 0.1) is 5.69 Å². The molecule has 1 atom stereocenters. The van der Waals surface area contributed by atoms with E-state index in [4.69, 9.17) is 16.3 Å². The van der Waals surface area contributed by atoms with E-state index in [-0.39, 0.29) is 17.0 Å². The lowest BCUT2D eigenvalue weighted by atomic mass is 10.1. The zero-order chi connectivity index (χ0) is 14.0. The monoisotopic (exact) mass is 255 g/mol. The average Bonchev–Trinajstić information content (AvgIpc) is 2.80. The maximum atomic E-state index is 13.8. The normalized spacial score (nSPS) is 11.6. The van der Waals surface area contributed by atoms with E-state index in [9.17, 15) is 4.39 Å². The lowest BCUT2D eigenvalue weighted by Crippen LogP contribution is -2.12. The van der Waals surface area contributed by atoms with Crippen LogP contribution < -0.4 is 5.73 Å². The summed E-state index contributed by atoms with van der Waals surface area (Å²) in [4.78, 5) is 3.83. The molecule has 1 aromatic heterocycles. The number of benzene rings is 1. The Kier molecular flexibility index (Phi) is 3.28. The van der Waals surface area contributed by atoms with Crippen LogP contribution in [0.3, 0.4) is 0 Å². The van der Waals surface area contributed by atoms with E-state index in [1.807, 2.05) is 12.1 Å². The van der Waals surface area contributed by atoms with Crippen molar-refractivity contribution in [1.29, 1.82) is 10.5 Å². The fourth-order valence-corrected chi connectivity index (χ4v) is 1.91. The van der Waals surface area contributed by atoms with Crippen molar-refractivity contribution in [2.75, 3.05) is 0 Å². The topological polar surface area (TPSA) is 91.4 Å². The Bertz CT molecular complexity index is 703. The van der Waals surface area contributed by atoms with Crippen molar-refractivity contribution in [3.05, 3.63) is 47.3 Å². The highest BCUT2D eigenvalue weighted by Crippen LogP contribution is 2.25. The number of nitrogens with zero attached hydrogens (tertiary/aromatic N) is 4. The van der Waals surface area contributed by atoms with Gasteiger partial charge in [-0.25, -0.2) is 9.37 Å². The minimum Gasteiger partial charge on any atom is -0.324 e.